The summed E-state index contributed by atoms with van der Waals surface area (Å²) in [5.41, 5.74) is 1.08. The predicted molar refractivity (Wildman–Crippen MR) is 95.5 cm³/mol. The van der Waals surface area contributed by atoms with Crippen molar-refractivity contribution in [3.8, 4) is 0 Å². The van der Waals surface area contributed by atoms with Crippen molar-refractivity contribution in [1.82, 2.24) is 30.6 Å². The Bertz CT molecular complexity index is 664. The first-order valence-electron chi connectivity index (χ1n) is 8.14. The zero-order chi connectivity index (χ0) is 16.8. The highest BCUT2D eigenvalue weighted by Crippen LogP contribution is 2.21. The van der Waals surface area contributed by atoms with E-state index in [-0.39, 0.29) is 12.5 Å². The molecule has 0 aliphatic carbocycles. The molecule has 1 atom stereocenters. The average molecular weight is 367 g/mol. The Morgan fingerprint density at radius 3 is 3.21 bits per heavy atom. The molecule has 1 saturated heterocycles. The molecule has 3 heterocycles. The molecule has 1 fully saturated rings. The molecular weight excluding hydrogens is 344 g/mol. The number of aromatic nitrogens is 4. The molecule has 2 aromatic rings. The van der Waals surface area contributed by atoms with Gasteiger partial charge in [-0.1, -0.05) is 23.1 Å². The molecule has 1 aliphatic heterocycles. The minimum atomic E-state index is -0.0135. The van der Waals surface area contributed by atoms with Crippen molar-refractivity contribution in [2.24, 2.45) is 0 Å². The lowest BCUT2D eigenvalue weighted by Crippen LogP contribution is -2.30. The largest absolute Gasteiger partial charge is 0.354 e. The van der Waals surface area contributed by atoms with Crippen molar-refractivity contribution < 1.29 is 4.79 Å². The van der Waals surface area contributed by atoms with Gasteiger partial charge in [0.2, 0.25) is 5.91 Å². The van der Waals surface area contributed by atoms with Crippen LogP contribution in [-0.2, 0) is 11.3 Å². The maximum atomic E-state index is 12.0. The highest BCUT2D eigenvalue weighted by Gasteiger charge is 2.17. The van der Waals surface area contributed by atoms with E-state index < -0.39 is 0 Å². The van der Waals surface area contributed by atoms with E-state index in [0.29, 0.717) is 12.5 Å². The van der Waals surface area contributed by atoms with Gasteiger partial charge in [-0.3, -0.25) is 9.48 Å². The second-order valence-corrected chi connectivity index (χ2v) is 8.29. The molecule has 130 valence electrons. The Hall–Kier alpha value is -1.45. The monoisotopic (exact) mass is 366 g/mol. The van der Waals surface area contributed by atoms with Crippen molar-refractivity contribution in [3.05, 3.63) is 23.0 Å². The second-order valence-electron chi connectivity index (χ2n) is 5.77. The van der Waals surface area contributed by atoms with E-state index in [2.05, 4.69) is 25.9 Å². The van der Waals surface area contributed by atoms with Crippen LogP contribution in [0.25, 0.3) is 0 Å². The summed E-state index contributed by atoms with van der Waals surface area (Å²) in [6.07, 6.45) is 4.24. The SMILES string of the molecule is Cc1nnc(SCCNC(=O)Cn2ccc([C@@H]3CCCNC3)n2)s1. The number of thioether (sulfide) groups is 1. The van der Waals surface area contributed by atoms with E-state index in [0.717, 1.165) is 33.9 Å². The highest BCUT2D eigenvalue weighted by atomic mass is 32.2. The summed E-state index contributed by atoms with van der Waals surface area (Å²) in [5.74, 6) is 1.24. The first kappa shape index (κ1) is 17.4. The maximum Gasteiger partial charge on any atom is 0.241 e. The average Bonchev–Trinajstić information content (AvgIpc) is 3.22. The van der Waals surface area contributed by atoms with Crippen LogP contribution >= 0.6 is 23.1 Å². The van der Waals surface area contributed by atoms with Crippen LogP contribution < -0.4 is 10.6 Å². The summed E-state index contributed by atoms with van der Waals surface area (Å²) in [5, 5.41) is 19.8. The topological polar surface area (TPSA) is 84.7 Å². The molecule has 2 aromatic heterocycles. The molecule has 1 aliphatic rings. The predicted octanol–water partition coefficient (Wildman–Crippen LogP) is 1.42. The summed E-state index contributed by atoms with van der Waals surface area (Å²) >= 11 is 3.19. The van der Waals surface area contributed by atoms with E-state index in [1.807, 2.05) is 19.2 Å². The van der Waals surface area contributed by atoms with E-state index >= 15 is 0 Å². The smallest absolute Gasteiger partial charge is 0.241 e. The Kier molecular flexibility index (Phi) is 6.22. The lowest BCUT2D eigenvalue weighted by atomic mass is 9.97. The quantitative estimate of drug-likeness (QED) is 0.569. The highest BCUT2D eigenvalue weighted by molar-refractivity contribution is 8.01. The number of carbonyl (C=O) groups is 1. The Balaban J connectivity index is 1.37. The first-order valence-corrected chi connectivity index (χ1v) is 9.94. The van der Waals surface area contributed by atoms with Crippen molar-refractivity contribution >= 4 is 29.0 Å². The lowest BCUT2D eigenvalue weighted by Gasteiger charge is -2.20. The molecule has 0 unspecified atom stereocenters. The number of amides is 1. The van der Waals surface area contributed by atoms with Crippen LogP contribution in [0.3, 0.4) is 0 Å². The van der Waals surface area contributed by atoms with Crippen LogP contribution in [-0.4, -0.2) is 51.3 Å². The fourth-order valence-corrected chi connectivity index (χ4v) is 4.40. The molecule has 0 radical (unpaired) electrons. The number of nitrogens with one attached hydrogen (secondary N) is 2. The molecule has 0 aromatic carbocycles. The molecule has 0 saturated carbocycles. The molecule has 1 amide bonds. The van der Waals surface area contributed by atoms with Gasteiger partial charge >= 0.3 is 0 Å². The zero-order valence-electron chi connectivity index (χ0n) is 13.7. The lowest BCUT2D eigenvalue weighted by molar-refractivity contribution is -0.121. The van der Waals surface area contributed by atoms with Crippen LogP contribution in [0, 0.1) is 6.92 Å². The van der Waals surface area contributed by atoms with Crippen molar-refractivity contribution in [2.45, 2.75) is 36.6 Å². The number of piperidine rings is 1. The molecule has 24 heavy (non-hydrogen) atoms. The molecule has 9 heteroatoms. The Labute approximate surface area is 149 Å². The standard InChI is InChI=1S/C15H22N6OS2/c1-11-18-19-15(24-11)23-8-6-17-14(22)10-21-7-4-13(20-21)12-3-2-5-16-9-12/h4,7,12,16H,2-3,5-6,8-10H2,1H3,(H,17,22)/t12-/m1/s1. The van der Waals surface area contributed by atoms with Gasteiger partial charge in [0.25, 0.3) is 0 Å². The third-order valence-electron chi connectivity index (χ3n) is 3.84. The molecule has 3 rings (SSSR count). The molecule has 0 spiro atoms. The molecule has 0 bridgehead atoms. The van der Waals surface area contributed by atoms with Gasteiger partial charge in [-0.05, 0) is 32.4 Å². The van der Waals surface area contributed by atoms with Gasteiger partial charge in [0.15, 0.2) is 4.34 Å². The van der Waals surface area contributed by atoms with Gasteiger partial charge in [0.1, 0.15) is 11.6 Å². The number of carbonyl (C=O) groups excluding carboxylic acids is 1. The number of hydrogen-bond acceptors (Lipinski definition) is 7. The van der Waals surface area contributed by atoms with Gasteiger partial charge in [0.05, 0.1) is 5.69 Å². The third kappa shape index (κ3) is 5.02. The Morgan fingerprint density at radius 1 is 1.54 bits per heavy atom. The van der Waals surface area contributed by atoms with Crippen LogP contribution in [0.2, 0.25) is 0 Å². The van der Waals surface area contributed by atoms with Gasteiger partial charge in [-0.15, -0.1) is 10.2 Å². The van der Waals surface area contributed by atoms with Crippen LogP contribution in [0.1, 0.15) is 29.5 Å². The van der Waals surface area contributed by atoms with Gasteiger partial charge in [-0.2, -0.15) is 5.10 Å². The number of aryl methyl sites for hydroxylation is 1. The fourth-order valence-electron chi connectivity index (χ4n) is 2.66. The summed E-state index contributed by atoms with van der Waals surface area (Å²) in [7, 11) is 0. The number of nitrogens with zero attached hydrogens (tertiary/aromatic N) is 4. The molecular formula is C15H22N6OS2. The first-order chi connectivity index (χ1) is 11.7. The van der Waals surface area contributed by atoms with Crippen molar-refractivity contribution in [2.75, 3.05) is 25.4 Å². The maximum absolute atomic E-state index is 12.0. The minimum absolute atomic E-state index is 0.0135. The molecule has 2 N–H and O–H groups in total. The fraction of sp³-hybridized carbons (Fsp3) is 0.600. The van der Waals surface area contributed by atoms with Gasteiger partial charge in [0, 0.05) is 31.0 Å². The summed E-state index contributed by atoms with van der Waals surface area (Å²) in [6, 6.07) is 2.03. The normalized spacial score (nSPS) is 17.8. The Morgan fingerprint density at radius 2 is 2.46 bits per heavy atom. The van der Waals surface area contributed by atoms with Gasteiger partial charge in [-0.25, -0.2) is 0 Å². The van der Waals surface area contributed by atoms with E-state index in [9.17, 15) is 4.79 Å². The summed E-state index contributed by atoms with van der Waals surface area (Å²) < 4.78 is 2.67. The summed E-state index contributed by atoms with van der Waals surface area (Å²) in [4.78, 5) is 12.0. The number of hydrogen-bond donors (Lipinski definition) is 2. The van der Waals surface area contributed by atoms with Crippen molar-refractivity contribution in [3.63, 3.8) is 0 Å². The number of rotatable bonds is 7. The summed E-state index contributed by atoms with van der Waals surface area (Å²) in [6.45, 7) is 4.89. The van der Waals surface area contributed by atoms with E-state index in [4.69, 9.17) is 0 Å². The van der Waals surface area contributed by atoms with Crippen LogP contribution in [0.5, 0.6) is 0 Å². The van der Waals surface area contributed by atoms with Gasteiger partial charge < -0.3 is 10.6 Å². The molecule has 7 nitrogen and oxygen atoms in total. The van der Waals surface area contributed by atoms with Crippen LogP contribution in [0.4, 0.5) is 0 Å². The third-order valence-corrected chi connectivity index (χ3v) is 5.81. The second kappa shape index (κ2) is 8.59. The zero-order valence-corrected chi connectivity index (χ0v) is 15.3. The minimum Gasteiger partial charge on any atom is -0.354 e. The van der Waals surface area contributed by atoms with Crippen molar-refractivity contribution in [1.29, 1.82) is 0 Å². The van der Waals surface area contributed by atoms with E-state index in [1.165, 1.54) is 12.8 Å². The van der Waals surface area contributed by atoms with Crippen LogP contribution in [0.15, 0.2) is 16.6 Å². The van der Waals surface area contributed by atoms with E-state index in [1.54, 1.807) is 27.8 Å².